The SMILES string of the molecule is CCOC(=O)C1(C(=O)OCC)Cc2ccc(C(C)(CCCC(C)(C)CS(=O)(=O)CCO)C(=O)NNC)cc2C1. The van der Waals surface area contributed by atoms with Crippen molar-refractivity contribution in [2.24, 2.45) is 10.8 Å². The third-order valence-corrected chi connectivity index (χ3v) is 9.47. The molecule has 1 aromatic rings. The van der Waals surface area contributed by atoms with Crippen LogP contribution in [0, 0.1) is 10.8 Å². The van der Waals surface area contributed by atoms with Crippen LogP contribution in [0.4, 0.5) is 0 Å². The average Bonchev–Trinajstić information content (AvgIpc) is 3.24. The number of carbonyl (C=O) groups is 3. The number of nitrogens with one attached hydrogen (secondary N) is 2. The second kappa shape index (κ2) is 13.2. The van der Waals surface area contributed by atoms with Crippen molar-refractivity contribution in [3.8, 4) is 0 Å². The second-order valence-electron chi connectivity index (χ2n) is 11.2. The van der Waals surface area contributed by atoms with Crippen molar-refractivity contribution >= 4 is 27.7 Å². The second-order valence-corrected chi connectivity index (χ2v) is 13.4. The van der Waals surface area contributed by atoms with Crippen molar-refractivity contribution in [2.45, 2.75) is 72.1 Å². The van der Waals surface area contributed by atoms with Gasteiger partial charge in [0.1, 0.15) is 0 Å². The van der Waals surface area contributed by atoms with E-state index in [4.69, 9.17) is 14.6 Å². The Morgan fingerprint density at radius 2 is 1.59 bits per heavy atom. The zero-order valence-corrected chi connectivity index (χ0v) is 24.8. The van der Waals surface area contributed by atoms with Gasteiger partial charge in [0.2, 0.25) is 5.91 Å². The molecule has 220 valence electrons. The van der Waals surface area contributed by atoms with E-state index in [-0.39, 0.29) is 43.5 Å². The summed E-state index contributed by atoms with van der Waals surface area (Å²) < 4.78 is 35.0. The van der Waals surface area contributed by atoms with E-state index in [1.165, 1.54) is 0 Å². The molecule has 0 radical (unpaired) electrons. The standard InChI is InChI=1S/C28H44N2O8S/c1-7-37-24(33)28(25(34)38-8-2)17-20-10-11-22(16-21(20)18-28)27(5,23(32)30-29-6)13-9-12-26(3,4)19-39(35,36)15-14-31/h10-11,16,29,31H,7-9,12-15,17-19H2,1-6H3,(H,30,32). The molecule has 1 atom stereocenters. The van der Waals surface area contributed by atoms with Crippen LogP contribution in [-0.4, -0.2) is 69.7 Å². The molecule has 0 aliphatic heterocycles. The predicted octanol–water partition coefficient (Wildman–Crippen LogP) is 2.01. The van der Waals surface area contributed by atoms with Gasteiger partial charge in [0.25, 0.3) is 0 Å². The smallest absolute Gasteiger partial charge is 0.324 e. The van der Waals surface area contributed by atoms with Gasteiger partial charge in [-0.25, -0.2) is 13.8 Å². The van der Waals surface area contributed by atoms with Crippen LogP contribution in [-0.2, 0) is 52.0 Å². The highest BCUT2D eigenvalue weighted by Crippen LogP contribution is 2.42. The lowest BCUT2D eigenvalue weighted by Gasteiger charge is -2.31. The lowest BCUT2D eigenvalue weighted by atomic mass is 9.75. The fourth-order valence-electron chi connectivity index (χ4n) is 5.37. The van der Waals surface area contributed by atoms with E-state index in [1.54, 1.807) is 20.9 Å². The van der Waals surface area contributed by atoms with E-state index >= 15 is 0 Å². The van der Waals surface area contributed by atoms with Crippen LogP contribution in [0.15, 0.2) is 18.2 Å². The lowest BCUT2D eigenvalue weighted by Crippen LogP contribution is -2.47. The molecule has 11 heteroatoms. The molecule has 10 nitrogen and oxygen atoms in total. The molecule has 1 unspecified atom stereocenters. The summed E-state index contributed by atoms with van der Waals surface area (Å²) in [6.45, 7) is 8.81. The number of sulfone groups is 1. The summed E-state index contributed by atoms with van der Waals surface area (Å²) in [4.78, 5) is 39.2. The summed E-state index contributed by atoms with van der Waals surface area (Å²) >= 11 is 0. The van der Waals surface area contributed by atoms with E-state index in [1.807, 2.05) is 39.0 Å². The Hall–Kier alpha value is -2.50. The first-order chi connectivity index (χ1) is 18.2. The number of fused-ring (bicyclic) bond motifs is 1. The van der Waals surface area contributed by atoms with Crippen molar-refractivity contribution in [3.63, 3.8) is 0 Å². The molecule has 39 heavy (non-hydrogen) atoms. The molecule has 1 aliphatic carbocycles. The van der Waals surface area contributed by atoms with Gasteiger partial charge in [0.05, 0.1) is 36.7 Å². The number of hydrogen-bond donors (Lipinski definition) is 3. The van der Waals surface area contributed by atoms with E-state index < -0.39 is 44.6 Å². The minimum atomic E-state index is -3.39. The Morgan fingerprint density at radius 1 is 1.00 bits per heavy atom. The normalized spacial score (nSPS) is 16.2. The molecule has 0 spiro atoms. The zero-order valence-electron chi connectivity index (χ0n) is 24.0. The number of esters is 2. The maximum absolute atomic E-state index is 13.3. The fraction of sp³-hybridized carbons (Fsp3) is 0.679. The van der Waals surface area contributed by atoms with Crippen LogP contribution in [0.2, 0.25) is 0 Å². The molecule has 0 saturated carbocycles. The first kappa shape index (κ1) is 32.7. The number of amides is 1. The molecule has 0 fully saturated rings. The van der Waals surface area contributed by atoms with E-state index in [2.05, 4.69) is 10.9 Å². The molecule has 1 amide bonds. The Kier molecular flexibility index (Phi) is 11.1. The highest BCUT2D eigenvalue weighted by Gasteiger charge is 2.53. The van der Waals surface area contributed by atoms with Crippen LogP contribution >= 0.6 is 0 Å². The average molecular weight is 569 g/mol. The number of hydrogen-bond acceptors (Lipinski definition) is 9. The molecule has 0 aromatic heterocycles. The third-order valence-electron chi connectivity index (χ3n) is 7.44. The number of ether oxygens (including phenoxy) is 2. The molecule has 1 aliphatic rings. The summed E-state index contributed by atoms with van der Waals surface area (Å²) in [5.74, 6) is -1.81. The number of aliphatic hydroxyl groups excluding tert-OH is 1. The van der Waals surface area contributed by atoms with Gasteiger partial charge in [0, 0.05) is 7.05 Å². The summed E-state index contributed by atoms with van der Waals surface area (Å²) in [5.41, 5.74) is 4.74. The van der Waals surface area contributed by atoms with Gasteiger partial charge in [-0.15, -0.1) is 0 Å². The van der Waals surface area contributed by atoms with E-state index in [0.29, 0.717) is 19.3 Å². The highest BCUT2D eigenvalue weighted by atomic mass is 32.2. The van der Waals surface area contributed by atoms with Crippen molar-refractivity contribution in [2.75, 3.05) is 38.4 Å². The Labute approximate surface area is 232 Å². The van der Waals surface area contributed by atoms with Gasteiger partial charge in [-0.1, -0.05) is 38.5 Å². The van der Waals surface area contributed by atoms with Crippen LogP contribution in [0.1, 0.15) is 70.6 Å². The lowest BCUT2D eigenvalue weighted by molar-refractivity contribution is -0.171. The van der Waals surface area contributed by atoms with Gasteiger partial charge in [-0.2, -0.15) is 0 Å². The topological polar surface area (TPSA) is 148 Å². The Bertz CT molecular complexity index is 1130. The van der Waals surface area contributed by atoms with E-state index in [0.717, 1.165) is 16.7 Å². The van der Waals surface area contributed by atoms with Crippen LogP contribution in [0.25, 0.3) is 0 Å². The Morgan fingerprint density at radius 3 is 2.13 bits per heavy atom. The maximum atomic E-state index is 13.3. The molecule has 0 saturated heterocycles. The fourth-order valence-corrected chi connectivity index (χ4v) is 7.13. The van der Waals surface area contributed by atoms with Crippen molar-refractivity contribution < 1.29 is 37.4 Å². The zero-order chi connectivity index (χ0) is 29.5. The number of benzene rings is 1. The quantitative estimate of drug-likeness (QED) is 0.164. The first-order valence-electron chi connectivity index (χ1n) is 13.5. The largest absolute Gasteiger partial charge is 0.465 e. The minimum Gasteiger partial charge on any atom is -0.465 e. The number of rotatable bonds is 15. The van der Waals surface area contributed by atoms with Gasteiger partial charge < -0.3 is 14.6 Å². The molecular weight excluding hydrogens is 524 g/mol. The molecule has 0 heterocycles. The number of hydrazine groups is 1. The third kappa shape index (κ3) is 7.79. The Balaban J connectivity index is 2.35. The van der Waals surface area contributed by atoms with Gasteiger partial charge in [-0.05, 0) is 68.6 Å². The van der Waals surface area contributed by atoms with Crippen molar-refractivity contribution in [1.82, 2.24) is 10.9 Å². The summed E-state index contributed by atoms with van der Waals surface area (Å²) in [7, 11) is -1.79. The summed E-state index contributed by atoms with van der Waals surface area (Å²) in [6.07, 6.45) is 1.84. The van der Waals surface area contributed by atoms with Crippen LogP contribution in [0.3, 0.4) is 0 Å². The van der Waals surface area contributed by atoms with Crippen molar-refractivity contribution in [3.05, 3.63) is 34.9 Å². The predicted molar refractivity (Wildman–Crippen MR) is 147 cm³/mol. The highest BCUT2D eigenvalue weighted by molar-refractivity contribution is 7.91. The molecule has 2 rings (SSSR count). The summed E-state index contributed by atoms with van der Waals surface area (Å²) in [6, 6.07) is 5.57. The van der Waals surface area contributed by atoms with Crippen LogP contribution < -0.4 is 10.9 Å². The minimum absolute atomic E-state index is 0.0529. The van der Waals surface area contributed by atoms with Crippen LogP contribution in [0.5, 0.6) is 0 Å². The van der Waals surface area contributed by atoms with Gasteiger partial charge in [-0.3, -0.25) is 19.8 Å². The van der Waals surface area contributed by atoms with Gasteiger partial charge >= 0.3 is 11.9 Å². The number of aliphatic hydroxyl groups is 1. The summed E-state index contributed by atoms with van der Waals surface area (Å²) in [5, 5.41) is 9.05. The van der Waals surface area contributed by atoms with E-state index in [9.17, 15) is 22.8 Å². The molecular formula is C28H44N2O8S. The molecule has 1 aromatic carbocycles. The maximum Gasteiger partial charge on any atom is 0.324 e. The monoisotopic (exact) mass is 568 g/mol. The first-order valence-corrected chi connectivity index (χ1v) is 15.3. The molecule has 0 bridgehead atoms. The van der Waals surface area contributed by atoms with Crippen molar-refractivity contribution in [1.29, 1.82) is 0 Å². The number of carbonyl (C=O) groups excluding carboxylic acids is 3. The molecule has 3 N–H and O–H groups in total. The van der Waals surface area contributed by atoms with Gasteiger partial charge in [0.15, 0.2) is 15.3 Å².